The highest BCUT2D eigenvalue weighted by Gasteiger charge is 2.50. The van der Waals surface area contributed by atoms with Crippen molar-refractivity contribution in [3.05, 3.63) is 109 Å². The molecule has 16 heteroatoms. The minimum atomic E-state index is -1.58. The molecule has 0 bridgehead atoms. The van der Waals surface area contributed by atoms with E-state index in [-0.39, 0.29) is 25.3 Å². The van der Waals surface area contributed by atoms with Gasteiger partial charge in [-0.25, -0.2) is 14.8 Å². The molecular weight excluding hydrogens is 608 g/mol. The third kappa shape index (κ3) is 9.82. The highest BCUT2D eigenvalue weighted by Crippen LogP contribution is 2.39. The summed E-state index contributed by atoms with van der Waals surface area (Å²) in [6, 6.07) is 19.4. The van der Waals surface area contributed by atoms with Gasteiger partial charge in [0.25, 0.3) is 10.2 Å². The molecule has 0 saturated carbocycles. The Labute approximate surface area is 263 Å². The summed E-state index contributed by atoms with van der Waals surface area (Å²) in [5.74, 6) is -1.77. The van der Waals surface area contributed by atoms with Crippen LogP contribution in [0.1, 0.15) is 48.7 Å². The minimum Gasteiger partial charge on any atom is -0.444 e. The number of nitrogens with zero attached hydrogens (tertiary/aromatic N) is 4. The van der Waals surface area contributed by atoms with Crippen LogP contribution >= 0.6 is 0 Å². The van der Waals surface area contributed by atoms with Crippen molar-refractivity contribution in [1.29, 1.82) is 0 Å². The van der Waals surface area contributed by atoms with Gasteiger partial charge in [-0.3, -0.25) is 4.79 Å². The van der Waals surface area contributed by atoms with Crippen LogP contribution in [-0.2, 0) is 39.1 Å². The molecule has 0 spiro atoms. The van der Waals surface area contributed by atoms with Gasteiger partial charge in [0.15, 0.2) is 5.60 Å². The fourth-order valence-electron chi connectivity index (χ4n) is 4.73. The Morgan fingerprint density at radius 3 is 1.96 bits per heavy atom. The molecule has 0 saturated heterocycles. The fourth-order valence-corrected chi connectivity index (χ4v) is 4.73. The molecule has 0 aliphatic heterocycles. The van der Waals surface area contributed by atoms with E-state index in [9.17, 15) is 29.8 Å². The lowest BCUT2D eigenvalue weighted by atomic mass is 9.81. The van der Waals surface area contributed by atoms with E-state index in [1.54, 1.807) is 80.6 Å². The van der Waals surface area contributed by atoms with E-state index in [0.717, 1.165) is 0 Å². The van der Waals surface area contributed by atoms with Gasteiger partial charge in [-0.1, -0.05) is 60.7 Å². The number of esters is 2. The van der Waals surface area contributed by atoms with E-state index in [1.807, 2.05) is 0 Å². The van der Waals surface area contributed by atoms with Crippen molar-refractivity contribution in [3.63, 3.8) is 0 Å². The first kappa shape index (κ1) is 35.1. The first-order valence-corrected chi connectivity index (χ1v) is 14.1. The Morgan fingerprint density at radius 2 is 1.46 bits per heavy atom. The maximum Gasteiger partial charge on any atom is 0.354 e. The highest BCUT2D eigenvalue weighted by atomic mass is 17.0. The van der Waals surface area contributed by atoms with Crippen LogP contribution in [-0.4, -0.2) is 64.3 Å². The number of methoxy groups -OCH3 is 1. The predicted octanol–water partition coefficient (Wildman–Crippen LogP) is 3.82. The smallest absolute Gasteiger partial charge is 0.354 e. The molecule has 246 valence electrons. The lowest BCUT2D eigenvalue weighted by Crippen LogP contribution is -2.52. The molecule has 2 aromatic carbocycles. The zero-order chi connectivity index (χ0) is 33.7. The number of benzene rings is 2. The summed E-state index contributed by atoms with van der Waals surface area (Å²) in [6.07, 6.45) is -4.66. The summed E-state index contributed by atoms with van der Waals surface area (Å²) in [7, 11) is 1.42. The van der Waals surface area contributed by atoms with Crippen LogP contribution in [0, 0.1) is 34.1 Å². The predicted molar refractivity (Wildman–Crippen MR) is 157 cm³/mol. The van der Waals surface area contributed by atoms with Gasteiger partial charge in [-0.05, 0) is 43.9 Å². The third-order valence-electron chi connectivity index (χ3n) is 6.58. The van der Waals surface area contributed by atoms with E-state index >= 15 is 0 Å². The van der Waals surface area contributed by atoms with Crippen LogP contribution < -0.4 is 4.74 Å². The topological polar surface area (TPSA) is 202 Å². The Bertz CT molecular complexity index is 1420. The molecule has 0 fully saturated rings. The second-order valence-electron chi connectivity index (χ2n) is 9.96. The van der Waals surface area contributed by atoms with Crippen molar-refractivity contribution < 1.29 is 48.4 Å². The number of ether oxygens (including phenoxy) is 4. The maximum absolute atomic E-state index is 14.0. The van der Waals surface area contributed by atoms with Crippen molar-refractivity contribution in [2.75, 3.05) is 13.7 Å². The molecule has 3 atom stereocenters. The van der Waals surface area contributed by atoms with Gasteiger partial charge in [-0.15, -0.1) is 20.2 Å². The zero-order valence-electron chi connectivity index (χ0n) is 25.6. The Kier molecular flexibility index (Phi) is 12.7. The van der Waals surface area contributed by atoms with E-state index in [4.69, 9.17) is 18.9 Å². The Hall–Kier alpha value is -5.38. The van der Waals surface area contributed by atoms with Gasteiger partial charge < -0.3 is 28.6 Å². The first-order chi connectivity index (χ1) is 21.9. The zero-order valence-corrected chi connectivity index (χ0v) is 25.6. The second kappa shape index (κ2) is 16.6. The molecule has 3 rings (SSSR count). The second-order valence-corrected chi connectivity index (χ2v) is 9.96. The number of rotatable bonds is 18. The van der Waals surface area contributed by atoms with Gasteiger partial charge in [0, 0.05) is 31.8 Å². The van der Waals surface area contributed by atoms with Crippen LogP contribution in [0.15, 0.2) is 66.7 Å². The molecule has 0 radical (unpaired) electrons. The fraction of sp³-hybridized carbons (Fsp3) is 0.400. The largest absolute Gasteiger partial charge is 0.444 e. The first-order valence-electron chi connectivity index (χ1n) is 14.1. The summed E-state index contributed by atoms with van der Waals surface area (Å²) >= 11 is 0. The van der Waals surface area contributed by atoms with Gasteiger partial charge in [-0.2, -0.15) is 0 Å². The van der Waals surface area contributed by atoms with Gasteiger partial charge in [0.1, 0.15) is 12.7 Å². The molecule has 46 heavy (non-hydrogen) atoms. The van der Waals surface area contributed by atoms with E-state index in [0.29, 0.717) is 22.5 Å². The van der Waals surface area contributed by atoms with Crippen LogP contribution in [0.2, 0.25) is 0 Å². The average molecular weight is 643 g/mol. The number of hydrogen-bond acceptors (Lipinski definition) is 14. The van der Waals surface area contributed by atoms with Crippen LogP contribution in [0.3, 0.4) is 0 Å². The highest BCUT2D eigenvalue weighted by molar-refractivity contribution is 5.79. The molecular formula is C30H34N4O12. The molecule has 1 heterocycles. The van der Waals surface area contributed by atoms with Gasteiger partial charge in [0.2, 0.25) is 12.4 Å². The Balaban J connectivity index is 1.83. The van der Waals surface area contributed by atoms with E-state index in [1.165, 1.54) is 14.0 Å². The molecule has 0 amide bonds. The number of carbonyl (C=O) groups excluding carboxylic acids is 2. The van der Waals surface area contributed by atoms with Gasteiger partial charge in [0.05, 0.1) is 0 Å². The van der Waals surface area contributed by atoms with E-state index in [2.05, 4.69) is 19.6 Å². The van der Waals surface area contributed by atoms with Crippen LogP contribution in [0.5, 0.6) is 6.01 Å². The van der Waals surface area contributed by atoms with Crippen molar-refractivity contribution in [1.82, 2.24) is 9.97 Å². The summed E-state index contributed by atoms with van der Waals surface area (Å²) in [6.45, 7) is 4.11. The van der Waals surface area contributed by atoms with Crippen molar-refractivity contribution in [2.45, 2.75) is 64.1 Å². The standard InChI is InChI=1S/C30H34N4O12/c1-20-18-21(2)32-29(31-20)45-27(30(41-4,23-12-7-5-8-13-23)24-14-9-6-10-15-24)28(36)44-22(3)43-26(35)17-11-16-25(46-34(39)40)19-42-33(37)38/h5-10,12-15,18,22,25,27H,11,16-17,19H2,1-4H3. The molecule has 1 aromatic heterocycles. The van der Waals surface area contributed by atoms with Gasteiger partial charge >= 0.3 is 17.9 Å². The third-order valence-corrected chi connectivity index (χ3v) is 6.58. The summed E-state index contributed by atoms with van der Waals surface area (Å²) in [5, 5.41) is 18.9. The number of hydrogen-bond donors (Lipinski definition) is 0. The molecule has 0 aliphatic rings. The monoisotopic (exact) mass is 642 g/mol. The van der Waals surface area contributed by atoms with Crippen LogP contribution in [0.25, 0.3) is 0 Å². The molecule has 0 N–H and O–H groups in total. The summed E-state index contributed by atoms with van der Waals surface area (Å²) in [4.78, 5) is 64.7. The average Bonchev–Trinajstić information content (AvgIpc) is 3.00. The van der Waals surface area contributed by atoms with Crippen molar-refractivity contribution in [3.8, 4) is 6.01 Å². The maximum atomic E-state index is 14.0. The molecule has 16 nitrogen and oxygen atoms in total. The quantitative estimate of drug-likeness (QED) is 0.0838. The molecule has 3 aromatic rings. The number of aromatic nitrogens is 2. The minimum absolute atomic E-state index is 0.0103. The van der Waals surface area contributed by atoms with E-state index < -0.39 is 52.8 Å². The summed E-state index contributed by atoms with van der Waals surface area (Å²) < 4.78 is 23.1. The number of aryl methyl sites for hydroxylation is 2. The van der Waals surface area contributed by atoms with Crippen molar-refractivity contribution >= 4 is 11.9 Å². The Morgan fingerprint density at radius 1 is 0.891 bits per heavy atom. The summed E-state index contributed by atoms with van der Waals surface area (Å²) in [5.41, 5.74) is 0.701. The molecule has 3 unspecified atom stereocenters. The number of carbonyl (C=O) groups is 2. The van der Waals surface area contributed by atoms with Crippen molar-refractivity contribution in [2.24, 2.45) is 0 Å². The SMILES string of the molecule is COC(c1ccccc1)(c1ccccc1)C(Oc1nc(C)cc(C)n1)C(=O)OC(C)OC(=O)CCCC(CO[N+](=O)[O-])O[N+](=O)[O-]. The molecule has 0 aliphatic carbocycles. The normalized spacial score (nSPS) is 13.0. The lowest BCUT2D eigenvalue weighted by molar-refractivity contribution is -0.790. The lowest BCUT2D eigenvalue weighted by Gasteiger charge is -2.38. The van der Waals surface area contributed by atoms with Crippen LogP contribution in [0.4, 0.5) is 0 Å².